The van der Waals surface area contributed by atoms with E-state index in [-0.39, 0.29) is 0 Å². The van der Waals surface area contributed by atoms with E-state index in [2.05, 4.69) is 16.7 Å². The van der Waals surface area contributed by atoms with E-state index in [1.54, 1.807) is 6.19 Å². The lowest BCUT2D eigenvalue weighted by Crippen LogP contribution is -1.85. The standard InChI is InChI=1S/C2N2OS2/c3-1-4-5-2(6)7-4. The van der Waals surface area contributed by atoms with E-state index in [9.17, 15) is 0 Å². The predicted molar refractivity (Wildman–Crippen MR) is 26.4 cm³/mol. The van der Waals surface area contributed by atoms with E-state index < -0.39 is 0 Å². The Bertz CT molecular complexity index is 220. The molecule has 0 spiro atoms. The molecule has 0 aromatic carbocycles. The topological polar surface area (TPSA) is 41.9 Å². The summed E-state index contributed by atoms with van der Waals surface area (Å²) in [6.45, 7) is 0. The zero-order valence-corrected chi connectivity index (χ0v) is 4.75. The largest absolute Gasteiger partial charge is 0.330 e. The second-order valence-corrected chi connectivity index (χ2v) is 2.30. The molecule has 1 heterocycles. The van der Waals surface area contributed by atoms with Crippen molar-refractivity contribution in [3.8, 4) is 6.19 Å². The van der Waals surface area contributed by atoms with Gasteiger partial charge in [0.1, 0.15) is 0 Å². The average Bonchev–Trinajstić information content (AvgIpc) is 1.58. The van der Waals surface area contributed by atoms with Crippen LogP contribution in [0.25, 0.3) is 0 Å². The third kappa shape index (κ3) is 0.706. The van der Waals surface area contributed by atoms with Crippen molar-refractivity contribution < 1.29 is 4.52 Å². The van der Waals surface area contributed by atoms with Crippen molar-refractivity contribution in [3.63, 3.8) is 0 Å². The quantitative estimate of drug-likeness (QED) is 0.498. The van der Waals surface area contributed by atoms with Gasteiger partial charge in [-0.25, -0.2) is 0 Å². The van der Waals surface area contributed by atoms with Crippen LogP contribution in [-0.2, 0) is 0 Å². The number of aromatic nitrogens is 1. The summed E-state index contributed by atoms with van der Waals surface area (Å²) in [7, 11) is 0. The molecule has 0 saturated heterocycles. The van der Waals surface area contributed by atoms with Gasteiger partial charge in [0.15, 0.2) is 0 Å². The maximum Gasteiger partial charge on any atom is 0.295 e. The van der Waals surface area contributed by atoms with Crippen LogP contribution in [0.2, 0.25) is 0 Å². The molecule has 0 fully saturated rings. The first kappa shape index (κ1) is 4.56. The average molecular weight is 132 g/mol. The molecule has 0 aliphatic carbocycles. The summed E-state index contributed by atoms with van der Waals surface area (Å²) in [5, 5.41) is 7.97. The van der Waals surface area contributed by atoms with Crippen LogP contribution in [-0.4, -0.2) is 4.13 Å². The minimum atomic E-state index is 0.404. The van der Waals surface area contributed by atoms with Gasteiger partial charge in [0.2, 0.25) is 6.19 Å². The van der Waals surface area contributed by atoms with Crippen molar-refractivity contribution in [2.45, 2.75) is 0 Å². The normalized spacial score (nSPS) is 8.43. The van der Waals surface area contributed by atoms with Crippen molar-refractivity contribution >= 4 is 23.8 Å². The highest BCUT2D eigenvalue weighted by Gasteiger charge is 1.90. The molecular weight excluding hydrogens is 132 g/mol. The van der Waals surface area contributed by atoms with Crippen LogP contribution in [0, 0.1) is 15.5 Å². The third-order valence-electron chi connectivity index (χ3n) is 0.397. The molecule has 0 atom stereocenters. The predicted octanol–water partition coefficient (Wildman–Crippen LogP) is 1.20. The third-order valence-corrected chi connectivity index (χ3v) is 1.24. The fourth-order valence-electron chi connectivity index (χ4n) is 0.183. The first-order chi connectivity index (χ1) is 3.33. The summed E-state index contributed by atoms with van der Waals surface area (Å²) in [6.07, 6.45) is 1.72. The Morgan fingerprint density at radius 2 is 2.57 bits per heavy atom. The number of nitrogens with zero attached hydrogens (tertiary/aromatic N) is 2. The Kier molecular flexibility index (Phi) is 0.964. The molecule has 0 unspecified atom stereocenters. The summed E-state index contributed by atoms with van der Waals surface area (Å²) in [4.78, 5) is 0. The smallest absolute Gasteiger partial charge is 0.295 e. The van der Waals surface area contributed by atoms with Crippen LogP contribution >= 0.6 is 23.8 Å². The minimum absolute atomic E-state index is 0.404. The van der Waals surface area contributed by atoms with Crippen molar-refractivity contribution in [2.24, 2.45) is 0 Å². The van der Waals surface area contributed by atoms with Gasteiger partial charge in [0.25, 0.3) is 4.02 Å². The highest BCUT2D eigenvalue weighted by Crippen LogP contribution is 2.02. The van der Waals surface area contributed by atoms with Crippen LogP contribution in [0.1, 0.15) is 0 Å². The summed E-state index contributed by atoms with van der Waals surface area (Å²) >= 11 is 5.58. The maximum absolute atomic E-state index is 7.97. The van der Waals surface area contributed by atoms with Gasteiger partial charge in [-0.1, -0.05) is 4.13 Å². The van der Waals surface area contributed by atoms with Gasteiger partial charge < -0.3 is 4.52 Å². The highest BCUT2D eigenvalue weighted by atomic mass is 32.2. The van der Waals surface area contributed by atoms with E-state index in [4.69, 9.17) is 5.26 Å². The van der Waals surface area contributed by atoms with Gasteiger partial charge >= 0.3 is 0 Å². The Hall–Kier alpha value is -0.600. The first-order valence-electron chi connectivity index (χ1n) is 1.42. The molecule has 0 N–H and O–H groups in total. The molecule has 3 nitrogen and oxygen atoms in total. The van der Waals surface area contributed by atoms with E-state index in [1.165, 1.54) is 0 Å². The Balaban J connectivity index is 3.00. The number of nitriles is 1. The molecule has 0 aliphatic heterocycles. The Morgan fingerprint density at radius 3 is 2.71 bits per heavy atom. The molecule has 1 aromatic rings. The fraction of sp³-hybridized carbons (Fsp3) is 0. The lowest BCUT2D eigenvalue weighted by Gasteiger charge is -1.88. The molecule has 1 rings (SSSR count). The second kappa shape index (κ2) is 1.48. The second-order valence-electron chi connectivity index (χ2n) is 0.790. The lowest BCUT2D eigenvalue weighted by molar-refractivity contribution is 0.341. The zero-order chi connectivity index (χ0) is 5.28. The Morgan fingerprint density at radius 1 is 2.00 bits per heavy atom. The first-order valence-corrected chi connectivity index (χ1v) is 2.61. The van der Waals surface area contributed by atoms with Gasteiger partial charge in [-0.2, -0.15) is 5.26 Å². The molecule has 0 bridgehead atoms. The van der Waals surface area contributed by atoms with Crippen molar-refractivity contribution in [3.05, 3.63) is 4.02 Å². The molecule has 0 radical (unpaired) electrons. The molecule has 0 saturated carbocycles. The van der Waals surface area contributed by atoms with Gasteiger partial charge in [-0.15, -0.1) is 0 Å². The van der Waals surface area contributed by atoms with Crippen LogP contribution in [0.15, 0.2) is 4.52 Å². The molecule has 5 heteroatoms. The molecule has 36 valence electrons. The molecule has 7 heavy (non-hydrogen) atoms. The van der Waals surface area contributed by atoms with Crippen molar-refractivity contribution in [2.75, 3.05) is 0 Å². The summed E-state index contributed by atoms with van der Waals surface area (Å²) in [5.74, 6) is 0. The van der Waals surface area contributed by atoms with Crippen LogP contribution in [0.3, 0.4) is 0 Å². The summed E-state index contributed by atoms with van der Waals surface area (Å²) in [6, 6.07) is 0. The van der Waals surface area contributed by atoms with Gasteiger partial charge in [-0.05, 0) is 12.2 Å². The summed E-state index contributed by atoms with van der Waals surface area (Å²) in [5.41, 5.74) is 0. The molecular formula is C2N2OS2. The van der Waals surface area contributed by atoms with E-state index in [0.29, 0.717) is 4.02 Å². The van der Waals surface area contributed by atoms with Crippen molar-refractivity contribution in [1.29, 1.82) is 5.26 Å². The number of rotatable bonds is 0. The number of hydrogen-bond donors (Lipinski definition) is 0. The van der Waals surface area contributed by atoms with Crippen molar-refractivity contribution in [1.82, 2.24) is 4.13 Å². The van der Waals surface area contributed by atoms with E-state index >= 15 is 0 Å². The fourth-order valence-corrected chi connectivity index (χ4v) is 0.803. The Labute approximate surface area is 48.5 Å². The monoisotopic (exact) mass is 132 g/mol. The van der Waals surface area contributed by atoms with Gasteiger partial charge in [-0.3, -0.25) is 0 Å². The van der Waals surface area contributed by atoms with Gasteiger partial charge in [0, 0.05) is 11.5 Å². The minimum Gasteiger partial charge on any atom is -0.330 e. The summed E-state index contributed by atoms with van der Waals surface area (Å²) < 4.78 is 5.89. The zero-order valence-electron chi connectivity index (χ0n) is 3.12. The molecule has 0 amide bonds. The molecule has 1 aromatic heterocycles. The van der Waals surface area contributed by atoms with E-state index in [1.807, 2.05) is 0 Å². The lowest BCUT2D eigenvalue weighted by atomic mass is 11.4. The highest BCUT2D eigenvalue weighted by molar-refractivity contribution is 7.73. The maximum atomic E-state index is 7.97. The van der Waals surface area contributed by atoms with E-state index in [0.717, 1.165) is 15.7 Å². The number of hydrogen-bond acceptors (Lipinski definition) is 4. The van der Waals surface area contributed by atoms with Gasteiger partial charge in [0.05, 0.1) is 0 Å². The molecule has 0 aliphatic rings. The van der Waals surface area contributed by atoms with Crippen LogP contribution in [0.4, 0.5) is 0 Å². The SMILES string of the molecule is N#Cn1oc(=S)s1. The van der Waals surface area contributed by atoms with Crippen LogP contribution in [0.5, 0.6) is 0 Å². The van der Waals surface area contributed by atoms with Crippen LogP contribution < -0.4 is 0 Å².